The van der Waals surface area contributed by atoms with E-state index in [9.17, 15) is 0 Å². The maximum Gasteiger partial charge on any atom is 0.131 e. The summed E-state index contributed by atoms with van der Waals surface area (Å²) in [4.78, 5) is 7.08. The molecule has 0 unspecified atom stereocenters. The number of hydrogen-bond donors (Lipinski definition) is 1. The van der Waals surface area contributed by atoms with Crippen molar-refractivity contribution in [1.82, 2.24) is 4.98 Å². The third-order valence-electron chi connectivity index (χ3n) is 3.67. The minimum Gasteiger partial charge on any atom is -0.397 e. The molecule has 100 valence electrons. The van der Waals surface area contributed by atoms with E-state index in [4.69, 9.17) is 5.73 Å². The van der Waals surface area contributed by atoms with E-state index in [0.717, 1.165) is 18.1 Å². The first-order valence-electron chi connectivity index (χ1n) is 7.06. The van der Waals surface area contributed by atoms with Gasteiger partial charge in [0.1, 0.15) is 5.82 Å². The molecule has 0 aromatic carbocycles. The summed E-state index contributed by atoms with van der Waals surface area (Å²) in [7, 11) is 0. The van der Waals surface area contributed by atoms with Gasteiger partial charge in [-0.2, -0.15) is 0 Å². The van der Waals surface area contributed by atoms with Crippen LogP contribution in [0.1, 0.15) is 45.1 Å². The molecular formula is C15H25N3. The first-order chi connectivity index (χ1) is 8.58. The van der Waals surface area contributed by atoms with Crippen LogP contribution in [0.3, 0.4) is 0 Å². The van der Waals surface area contributed by atoms with Crippen LogP contribution in [0.5, 0.6) is 0 Å². The highest BCUT2D eigenvalue weighted by molar-refractivity contribution is 5.53. The second kappa shape index (κ2) is 5.59. The molecule has 0 bridgehead atoms. The van der Waals surface area contributed by atoms with Crippen molar-refractivity contribution in [3.63, 3.8) is 0 Å². The summed E-state index contributed by atoms with van der Waals surface area (Å²) in [5, 5.41) is 0. The summed E-state index contributed by atoms with van der Waals surface area (Å²) in [6.45, 7) is 7.74. The third kappa shape index (κ3) is 2.95. The van der Waals surface area contributed by atoms with Gasteiger partial charge in [0.25, 0.3) is 0 Å². The highest BCUT2D eigenvalue weighted by Crippen LogP contribution is 2.30. The molecule has 1 aliphatic carbocycles. The second-order valence-corrected chi connectivity index (χ2v) is 5.89. The van der Waals surface area contributed by atoms with Crippen LogP contribution >= 0.6 is 0 Å². The Labute approximate surface area is 110 Å². The standard InChI is InChI=1S/C15H25N3/c1-11(2)10-18(14-6-4-5-7-14)15-12(3)8-13(16)9-17-15/h8-9,11,14H,4-7,10,16H2,1-3H3. The minimum atomic E-state index is 0.657. The molecule has 0 atom stereocenters. The van der Waals surface area contributed by atoms with Crippen LogP contribution in [0.2, 0.25) is 0 Å². The minimum absolute atomic E-state index is 0.657. The Morgan fingerprint density at radius 1 is 1.39 bits per heavy atom. The number of hydrogen-bond acceptors (Lipinski definition) is 3. The molecule has 1 aliphatic rings. The Morgan fingerprint density at radius 3 is 2.61 bits per heavy atom. The monoisotopic (exact) mass is 247 g/mol. The van der Waals surface area contributed by atoms with Gasteiger partial charge in [0, 0.05) is 12.6 Å². The van der Waals surface area contributed by atoms with Crippen molar-refractivity contribution >= 4 is 11.5 Å². The van der Waals surface area contributed by atoms with Crippen molar-refractivity contribution < 1.29 is 0 Å². The van der Waals surface area contributed by atoms with Crippen molar-refractivity contribution in [3.05, 3.63) is 17.8 Å². The fraction of sp³-hybridized carbons (Fsp3) is 0.667. The Morgan fingerprint density at radius 2 is 2.06 bits per heavy atom. The molecule has 3 nitrogen and oxygen atoms in total. The van der Waals surface area contributed by atoms with Crippen LogP contribution in [0.15, 0.2) is 12.3 Å². The van der Waals surface area contributed by atoms with E-state index >= 15 is 0 Å². The summed E-state index contributed by atoms with van der Waals surface area (Å²) in [6.07, 6.45) is 7.10. The van der Waals surface area contributed by atoms with Gasteiger partial charge in [0.2, 0.25) is 0 Å². The van der Waals surface area contributed by atoms with Crippen molar-refractivity contribution in [2.45, 2.75) is 52.5 Å². The van der Waals surface area contributed by atoms with Crippen LogP contribution in [0.25, 0.3) is 0 Å². The number of nitrogen functional groups attached to an aromatic ring is 1. The first kappa shape index (κ1) is 13.2. The molecule has 1 aromatic heterocycles. The van der Waals surface area contributed by atoms with E-state index in [1.54, 1.807) is 6.20 Å². The lowest BCUT2D eigenvalue weighted by Gasteiger charge is -2.32. The first-order valence-corrected chi connectivity index (χ1v) is 7.06. The van der Waals surface area contributed by atoms with Gasteiger partial charge in [-0.1, -0.05) is 26.7 Å². The van der Waals surface area contributed by atoms with Gasteiger partial charge >= 0.3 is 0 Å². The van der Waals surface area contributed by atoms with Gasteiger partial charge in [0.15, 0.2) is 0 Å². The predicted octanol–water partition coefficient (Wildman–Crippen LogP) is 3.38. The SMILES string of the molecule is Cc1cc(N)cnc1N(CC(C)C)C1CCCC1. The Bertz CT molecular complexity index is 395. The van der Waals surface area contributed by atoms with Crippen LogP contribution in [-0.2, 0) is 0 Å². The fourth-order valence-corrected chi connectivity index (χ4v) is 2.91. The van der Waals surface area contributed by atoms with Gasteiger partial charge in [0.05, 0.1) is 11.9 Å². The zero-order valence-corrected chi connectivity index (χ0v) is 11.8. The lowest BCUT2D eigenvalue weighted by atomic mass is 10.1. The lowest BCUT2D eigenvalue weighted by Crippen LogP contribution is -2.37. The van der Waals surface area contributed by atoms with E-state index in [1.807, 2.05) is 6.07 Å². The normalized spacial score (nSPS) is 16.4. The number of anilines is 2. The molecule has 0 amide bonds. The average molecular weight is 247 g/mol. The zero-order valence-electron chi connectivity index (χ0n) is 11.8. The molecule has 3 heteroatoms. The zero-order chi connectivity index (χ0) is 13.1. The van der Waals surface area contributed by atoms with Crippen LogP contribution in [0, 0.1) is 12.8 Å². The maximum atomic E-state index is 5.80. The Hall–Kier alpha value is -1.25. The molecule has 0 aliphatic heterocycles. The number of aromatic nitrogens is 1. The van der Waals surface area contributed by atoms with Crippen molar-refractivity contribution in [2.24, 2.45) is 5.92 Å². The number of nitrogens with two attached hydrogens (primary N) is 1. The van der Waals surface area contributed by atoms with Crippen molar-refractivity contribution in [3.8, 4) is 0 Å². The molecule has 2 N–H and O–H groups in total. The molecule has 1 aromatic rings. The summed E-state index contributed by atoms with van der Waals surface area (Å²) in [6, 6.07) is 2.70. The van der Waals surface area contributed by atoms with Gasteiger partial charge in [-0.3, -0.25) is 0 Å². The van der Waals surface area contributed by atoms with Gasteiger partial charge in [-0.25, -0.2) is 4.98 Å². The highest BCUT2D eigenvalue weighted by atomic mass is 15.2. The van der Waals surface area contributed by atoms with E-state index in [-0.39, 0.29) is 0 Å². The third-order valence-corrected chi connectivity index (χ3v) is 3.67. The molecule has 0 radical (unpaired) electrons. The predicted molar refractivity (Wildman–Crippen MR) is 77.8 cm³/mol. The number of aryl methyl sites for hydroxylation is 1. The Kier molecular flexibility index (Phi) is 4.10. The Balaban J connectivity index is 2.26. The van der Waals surface area contributed by atoms with Gasteiger partial charge in [-0.05, 0) is 37.3 Å². The molecular weight excluding hydrogens is 222 g/mol. The summed E-state index contributed by atoms with van der Waals surface area (Å²) in [5.74, 6) is 1.79. The van der Waals surface area contributed by atoms with Gasteiger partial charge < -0.3 is 10.6 Å². The largest absolute Gasteiger partial charge is 0.397 e. The molecule has 0 spiro atoms. The highest BCUT2D eigenvalue weighted by Gasteiger charge is 2.25. The van der Waals surface area contributed by atoms with Crippen molar-refractivity contribution in [1.29, 1.82) is 0 Å². The smallest absolute Gasteiger partial charge is 0.131 e. The number of rotatable bonds is 4. The lowest BCUT2D eigenvalue weighted by molar-refractivity contribution is 0.530. The molecule has 0 saturated heterocycles. The van der Waals surface area contributed by atoms with E-state index in [1.165, 1.54) is 31.2 Å². The summed E-state index contributed by atoms with van der Waals surface area (Å²) < 4.78 is 0. The van der Waals surface area contributed by atoms with E-state index in [0.29, 0.717) is 12.0 Å². The quantitative estimate of drug-likeness (QED) is 0.887. The maximum absolute atomic E-state index is 5.80. The topological polar surface area (TPSA) is 42.1 Å². The van der Waals surface area contributed by atoms with E-state index < -0.39 is 0 Å². The van der Waals surface area contributed by atoms with Crippen LogP contribution in [-0.4, -0.2) is 17.6 Å². The molecule has 1 saturated carbocycles. The van der Waals surface area contributed by atoms with Crippen LogP contribution < -0.4 is 10.6 Å². The summed E-state index contributed by atoms with van der Waals surface area (Å²) in [5.41, 5.74) is 7.75. The summed E-state index contributed by atoms with van der Waals surface area (Å²) >= 11 is 0. The number of pyridine rings is 1. The average Bonchev–Trinajstić information content (AvgIpc) is 2.79. The fourth-order valence-electron chi connectivity index (χ4n) is 2.91. The number of nitrogens with zero attached hydrogens (tertiary/aromatic N) is 2. The molecule has 2 rings (SSSR count). The van der Waals surface area contributed by atoms with E-state index in [2.05, 4.69) is 30.7 Å². The molecule has 18 heavy (non-hydrogen) atoms. The second-order valence-electron chi connectivity index (χ2n) is 5.89. The molecule has 1 fully saturated rings. The van der Waals surface area contributed by atoms with Gasteiger partial charge in [-0.15, -0.1) is 0 Å². The molecule has 1 heterocycles. The van der Waals surface area contributed by atoms with Crippen molar-refractivity contribution in [2.75, 3.05) is 17.2 Å². The van der Waals surface area contributed by atoms with Crippen LogP contribution in [0.4, 0.5) is 11.5 Å².